The molecule has 1 saturated heterocycles. The summed E-state index contributed by atoms with van der Waals surface area (Å²) in [7, 11) is 2.01. The van der Waals surface area contributed by atoms with Gasteiger partial charge in [0.25, 0.3) is 0 Å². The zero-order valence-corrected chi connectivity index (χ0v) is 17.3. The first-order chi connectivity index (χ1) is 11.5. The van der Waals surface area contributed by atoms with Crippen LogP contribution in [0.25, 0.3) is 0 Å². The van der Waals surface area contributed by atoms with Gasteiger partial charge in [-0.3, -0.25) is 4.79 Å². The minimum absolute atomic E-state index is 0. The molecule has 0 aromatic heterocycles. The summed E-state index contributed by atoms with van der Waals surface area (Å²) in [6.07, 6.45) is 3.04. The van der Waals surface area contributed by atoms with E-state index in [1.807, 2.05) is 7.05 Å². The molecule has 2 atom stereocenters. The quantitative estimate of drug-likeness (QED) is 0.694. The summed E-state index contributed by atoms with van der Waals surface area (Å²) in [5.74, 6) is 0.972. The van der Waals surface area contributed by atoms with Gasteiger partial charge in [0.05, 0.1) is 0 Å². The molecule has 1 aliphatic rings. The average Bonchev–Trinajstić information content (AvgIpc) is 2.57. The fourth-order valence-electron chi connectivity index (χ4n) is 3.26. The second kappa shape index (κ2) is 13.3. The molecule has 26 heavy (non-hydrogen) atoms. The van der Waals surface area contributed by atoms with Gasteiger partial charge in [0.1, 0.15) is 5.82 Å². The van der Waals surface area contributed by atoms with Crippen molar-refractivity contribution in [3.8, 4) is 0 Å². The second-order valence-electron chi connectivity index (χ2n) is 7.00. The van der Waals surface area contributed by atoms with Gasteiger partial charge < -0.3 is 15.5 Å². The minimum atomic E-state index is -0.212. The molecule has 0 spiro atoms. The monoisotopic (exact) mass is 407 g/mol. The highest BCUT2D eigenvalue weighted by molar-refractivity contribution is 5.85. The van der Waals surface area contributed by atoms with Crippen molar-refractivity contribution in [2.45, 2.75) is 32.7 Å². The van der Waals surface area contributed by atoms with Crippen molar-refractivity contribution in [3.05, 3.63) is 35.6 Å². The van der Waals surface area contributed by atoms with Crippen LogP contribution in [0.5, 0.6) is 0 Å². The molecule has 2 rings (SSSR count). The standard InChI is InChI=1S/C19H30FN3O.2ClH/c1-15(17-4-3-9-21-13-17)12-19(24)22-10-11-23(2)14-16-5-7-18(20)8-6-16;;/h5-8,15,17,21H,3-4,9-14H2,1-2H3,(H,22,24);2*1H. The predicted octanol–water partition coefficient (Wildman–Crippen LogP) is 3.24. The van der Waals surface area contributed by atoms with Crippen molar-refractivity contribution < 1.29 is 9.18 Å². The van der Waals surface area contributed by atoms with E-state index < -0.39 is 0 Å². The van der Waals surface area contributed by atoms with E-state index in [2.05, 4.69) is 22.5 Å². The summed E-state index contributed by atoms with van der Waals surface area (Å²) >= 11 is 0. The lowest BCUT2D eigenvalue weighted by Crippen LogP contribution is -2.37. The van der Waals surface area contributed by atoms with Crippen molar-refractivity contribution in [3.63, 3.8) is 0 Å². The summed E-state index contributed by atoms with van der Waals surface area (Å²) in [5, 5.41) is 6.43. The average molecular weight is 408 g/mol. The Bertz CT molecular complexity index is 510. The van der Waals surface area contributed by atoms with Crippen LogP contribution in [0.2, 0.25) is 0 Å². The minimum Gasteiger partial charge on any atom is -0.355 e. The highest BCUT2D eigenvalue weighted by atomic mass is 35.5. The topological polar surface area (TPSA) is 44.4 Å². The predicted molar refractivity (Wildman–Crippen MR) is 110 cm³/mol. The van der Waals surface area contributed by atoms with Gasteiger partial charge >= 0.3 is 0 Å². The van der Waals surface area contributed by atoms with Crippen LogP contribution in [0.4, 0.5) is 4.39 Å². The molecular weight excluding hydrogens is 376 g/mol. The molecule has 4 nitrogen and oxygen atoms in total. The molecule has 0 saturated carbocycles. The van der Waals surface area contributed by atoms with Crippen molar-refractivity contribution in [2.75, 3.05) is 33.2 Å². The van der Waals surface area contributed by atoms with Gasteiger partial charge in [-0.25, -0.2) is 4.39 Å². The zero-order chi connectivity index (χ0) is 17.4. The molecule has 1 heterocycles. The second-order valence-corrected chi connectivity index (χ2v) is 7.00. The van der Waals surface area contributed by atoms with E-state index in [-0.39, 0.29) is 36.5 Å². The Balaban J connectivity index is 0.00000312. The molecule has 1 amide bonds. The first-order valence-electron chi connectivity index (χ1n) is 8.95. The molecule has 1 aromatic rings. The molecule has 1 aliphatic heterocycles. The number of nitrogens with zero attached hydrogens (tertiary/aromatic N) is 1. The number of hydrogen-bond acceptors (Lipinski definition) is 3. The number of carbonyl (C=O) groups excluding carboxylic acids is 1. The fraction of sp³-hybridized carbons (Fsp3) is 0.632. The zero-order valence-electron chi connectivity index (χ0n) is 15.7. The highest BCUT2D eigenvalue weighted by Gasteiger charge is 2.21. The van der Waals surface area contributed by atoms with E-state index in [1.165, 1.54) is 25.0 Å². The van der Waals surface area contributed by atoms with Gasteiger partial charge in [-0.05, 0) is 62.5 Å². The lowest BCUT2D eigenvalue weighted by Gasteiger charge is -2.28. The number of hydrogen-bond donors (Lipinski definition) is 2. The molecule has 2 unspecified atom stereocenters. The van der Waals surface area contributed by atoms with Crippen molar-refractivity contribution in [2.24, 2.45) is 11.8 Å². The molecule has 2 N–H and O–H groups in total. The van der Waals surface area contributed by atoms with Crippen molar-refractivity contribution >= 4 is 30.7 Å². The molecule has 0 radical (unpaired) electrons. The van der Waals surface area contributed by atoms with Crippen LogP contribution in [0, 0.1) is 17.7 Å². The molecule has 1 aromatic carbocycles. The first kappa shape index (κ1) is 25.1. The van der Waals surface area contributed by atoms with Crippen LogP contribution in [0.1, 0.15) is 31.7 Å². The van der Waals surface area contributed by atoms with Crippen LogP contribution in [0.3, 0.4) is 0 Å². The highest BCUT2D eigenvalue weighted by Crippen LogP contribution is 2.22. The van der Waals surface area contributed by atoms with Gasteiger partial charge in [0.15, 0.2) is 0 Å². The third-order valence-corrected chi connectivity index (χ3v) is 4.83. The number of halogens is 3. The van der Waals surface area contributed by atoms with Gasteiger partial charge in [-0.2, -0.15) is 0 Å². The summed E-state index contributed by atoms with van der Waals surface area (Å²) in [4.78, 5) is 14.2. The number of rotatable bonds is 8. The van der Waals surface area contributed by atoms with Crippen LogP contribution < -0.4 is 10.6 Å². The Kier molecular flexibility index (Phi) is 12.9. The van der Waals surface area contributed by atoms with Crippen LogP contribution in [-0.2, 0) is 11.3 Å². The fourth-order valence-corrected chi connectivity index (χ4v) is 3.26. The van der Waals surface area contributed by atoms with Crippen molar-refractivity contribution in [1.82, 2.24) is 15.5 Å². The maximum absolute atomic E-state index is 12.9. The Morgan fingerprint density at radius 2 is 2.04 bits per heavy atom. The molecule has 0 bridgehead atoms. The van der Waals surface area contributed by atoms with E-state index >= 15 is 0 Å². The number of nitrogens with one attached hydrogen (secondary N) is 2. The van der Waals surface area contributed by atoms with E-state index in [1.54, 1.807) is 12.1 Å². The van der Waals surface area contributed by atoms with E-state index in [0.29, 0.717) is 24.8 Å². The number of benzene rings is 1. The normalized spacial score (nSPS) is 17.8. The molecule has 7 heteroatoms. The Hall–Kier alpha value is -0.880. The Morgan fingerprint density at radius 3 is 2.65 bits per heavy atom. The summed E-state index contributed by atoms with van der Waals surface area (Å²) in [6.45, 7) is 6.50. The third kappa shape index (κ3) is 9.17. The molecular formula is C19H32Cl2FN3O. The molecule has 1 fully saturated rings. The number of piperidine rings is 1. The van der Waals surface area contributed by atoms with Gasteiger partial charge in [0.2, 0.25) is 5.91 Å². The van der Waals surface area contributed by atoms with Crippen LogP contribution in [-0.4, -0.2) is 44.0 Å². The van der Waals surface area contributed by atoms with Crippen LogP contribution >= 0.6 is 24.8 Å². The molecule has 150 valence electrons. The largest absolute Gasteiger partial charge is 0.355 e. The molecule has 0 aliphatic carbocycles. The third-order valence-electron chi connectivity index (χ3n) is 4.83. The Labute approximate surface area is 169 Å². The lowest BCUT2D eigenvalue weighted by atomic mass is 9.85. The van der Waals surface area contributed by atoms with E-state index in [4.69, 9.17) is 0 Å². The smallest absolute Gasteiger partial charge is 0.220 e. The Morgan fingerprint density at radius 1 is 1.35 bits per heavy atom. The summed E-state index contributed by atoms with van der Waals surface area (Å²) in [6, 6.07) is 6.55. The van der Waals surface area contributed by atoms with Crippen LogP contribution in [0.15, 0.2) is 24.3 Å². The number of carbonyl (C=O) groups is 1. The van der Waals surface area contributed by atoms with Gasteiger partial charge in [-0.1, -0.05) is 19.1 Å². The summed E-state index contributed by atoms with van der Waals surface area (Å²) in [5.41, 5.74) is 1.07. The SMILES string of the molecule is CC(CC(=O)NCCN(C)Cc1ccc(F)cc1)C1CCCNC1.Cl.Cl. The number of amides is 1. The van der Waals surface area contributed by atoms with E-state index in [9.17, 15) is 9.18 Å². The van der Waals surface area contributed by atoms with Crippen molar-refractivity contribution in [1.29, 1.82) is 0 Å². The number of likely N-dealkylation sites (N-methyl/N-ethyl adjacent to an activating group) is 1. The maximum atomic E-state index is 12.9. The summed E-state index contributed by atoms with van der Waals surface area (Å²) < 4.78 is 12.9. The lowest BCUT2D eigenvalue weighted by molar-refractivity contribution is -0.122. The van der Waals surface area contributed by atoms with E-state index in [0.717, 1.165) is 31.7 Å². The first-order valence-corrected chi connectivity index (χ1v) is 8.95. The maximum Gasteiger partial charge on any atom is 0.220 e. The van der Waals surface area contributed by atoms with Gasteiger partial charge in [0, 0.05) is 26.1 Å². The van der Waals surface area contributed by atoms with Gasteiger partial charge in [-0.15, -0.1) is 24.8 Å².